The summed E-state index contributed by atoms with van der Waals surface area (Å²) in [6.07, 6.45) is 6.93. The summed E-state index contributed by atoms with van der Waals surface area (Å²) < 4.78 is 7.25. The summed E-state index contributed by atoms with van der Waals surface area (Å²) in [5.74, 6) is 0.756. The Balaban J connectivity index is 1.61. The summed E-state index contributed by atoms with van der Waals surface area (Å²) in [6, 6.07) is 6.80. The molecule has 184 valence electrons. The van der Waals surface area contributed by atoms with E-state index in [-0.39, 0.29) is 23.6 Å². The van der Waals surface area contributed by atoms with Crippen molar-refractivity contribution in [3.05, 3.63) is 36.3 Å². The Morgan fingerprint density at radius 3 is 2.60 bits per heavy atom. The van der Waals surface area contributed by atoms with E-state index in [1.807, 2.05) is 12.1 Å². The second-order valence-electron chi connectivity index (χ2n) is 8.26. The number of aryl methyl sites for hydroxylation is 1. The van der Waals surface area contributed by atoms with Crippen molar-refractivity contribution in [3.63, 3.8) is 0 Å². The number of carbonyl (C=O) groups excluding carboxylic acids is 2. The van der Waals surface area contributed by atoms with Crippen molar-refractivity contribution in [2.24, 2.45) is 7.05 Å². The molecule has 4 N–H and O–H groups in total. The zero-order valence-electron chi connectivity index (χ0n) is 20.0. The van der Waals surface area contributed by atoms with Crippen molar-refractivity contribution >= 4 is 29.1 Å². The van der Waals surface area contributed by atoms with Crippen LogP contribution in [0.3, 0.4) is 0 Å². The largest absolute Gasteiger partial charge is 0.494 e. The highest BCUT2D eigenvalue weighted by Crippen LogP contribution is 2.37. The van der Waals surface area contributed by atoms with E-state index in [1.165, 1.54) is 13.5 Å². The molecule has 1 saturated carbocycles. The monoisotopic (exact) mass is 479 g/mol. The third kappa shape index (κ3) is 5.65. The Morgan fingerprint density at radius 2 is 1.91 bits per heavy atom. The van der Waals surface area contributed by atoms with Gasteiger partial charge in [0.05, 0.1) is 24.0 Å². The van der Waals surface area contributed by atoms with Gasteiger partial charge in [0.1, 0.15) is 6.33 Å². The van der Waals surface area contributed by atoms with Crippen LogP contribution < -0.4 is 26.0 Å². The van der Waals surface area contributed by atoms with E-state index in [0.29, 0.717) is 28.5 Å². The van der Waals surface area contributed by atoms with Crippen LogP contribution in [0.1, 0.15) is 42.6 Å². The number of nitrogens with zero attached hydrogens (tertiary/aromatic N) is 5. The number of anilines is 3. The molecule has 12 heteroatoms. The van der Waals surface area contributed by atoms with Crippen LogP contribution in [0.2, 0.25) is 0 Å². The normalized spacial score (nSPS) is 13.7. The highest BCUT2D eigenvalue weighted by molar-refractivity contribution is 5.99. The second kappa shape index (κ2) is 10.8. The molecule has 0 unspecified atom stereocenters. The number of rotatable bonds is 7. The van der Waals surface area contributed by atoms with Gasteiger partial charge in [-0.2, -0.15) is 5.10 Å². The Hall–Kier alpha value is -4.22. The molecular formula is C23H29N9O3. The van der Waals surface area contributed by atoms with Crippen molar-refractivity contribution in [3.8, 4) is 17.1 Å². The van der Waals surface area contributed by atoms with Gasteiger partial charge in [0.25, 0.3) is 5.91 Å². The van der Waals surface area contributed by atoms with E-state index in [9.17, 15) is 9.59 Å². The molecule has 4 rings (SSSR count). The van der Waals surface area contributed by atoms with Crippen LogP contribution >= 0.6 is 0 Å². The van der Waals surface area contributed by atoms with Gasteiger partial charge in [-0.15, -0.1) is 10.2 Å². The second-order valence-corrected chi connectivity index (χ2v) is 8.26. The van der Waals surface area contributed by atoms with Gasteiger partial charge in [-0.3, -0.25) is 14.8 Å². The third-order valence-corrected chi connectivity index (χ3v) is 5.75. The Labute approximate surface area is 202 Å². The number of urea groups is 1. The molecule has 0 spiro atoms. The molecule has 2 aromatic heterocycles. The molecule has 0 saturated heterocycles. The maximum absolute atomic E-state index is 12.5. The van der Waals surface area contributed by atoms with Gasteiger partial charge in [0, 0.05) is 26.2 Å². The average Bonchev–Trinajstić information content (AvgIpc) is 3.30. The van der Waals surface area contributed by atoms with Gasteiger partial charge in [0.15, 0.2) is 23.1 Å². The lowest BCUT2D eigenvalue weighted by Crippen LogP contribution is -2.39. The minimum atomic E-state index is -0.431. The van der Waals surface area contributed by atoms with Crippen LogP contribution in [0.4, 0.5) is 22.0 Å². The molecule has 2 heterocycles. The molecule has 3 amide bonds. The van der Waals surface area contributed by atoms with Crippen molar-refractivity contribution in [1.82, 2.24) is 35.6 Å². The van der Waals surface area contributed by atoms with Crippen molar-refractivity contribution < 1.29 is 14.3 Å². The van der Waals surface area contributed by atoms with Crippen LogP contribution in [0.25, 0.3) is 11.4 Å². The summed E-state index contributed by atoms with van der Waals surface area (Å²) >= 11 is 0. The number of nitrogens with one attached hydrogen (secondary N) is 4. The Kier molecular flexibility index (Phi) is 7.38. The molecular weight excluding hydrogens is 450 g/mol. The van der Waals surface area contributed by atoms with Crippen LogP contribution in [0, 0.1) is 0 Å². The first-order valence-corrected chi connectivity index (χ1v) is 11.5. The highest BCUT2D eigenvalue weighted by Gasteiger charge is 2.20. The zero-order valence-corrected chi connectivity index (χ0v) is 20.0. The Bertz CT molecular complexity index is 1200. The van der Waals surface area contributed by atoms with E-state index in [0.717, 1.165) is 25.7 Å². The van der Waals surface area contributed by atoms with Gasteiger partial charge in [-0.05, 0) is 25.0 Å². The van der Waals surface area contributed by atoms with Crippen molar-refractivity contribution in [1.29, 1.82) is 0 Å². The van der Waals surface area contributed by atoms with Crippen LogP contribution in [0.5, 0.6) is 5.75 Å². The van der Waals surface area contributed by atoms with Crippen LogP contribution in [0.15, 0.2) is 30.6 Å². The minimum absolute atomic E-state index is 0.0640. The molecule has 35 heavy (non-hydrogen) atoms. The van der Waals surface area contributed by atoms with Gasteiger partial charge >= 0.3 is 6.03 Å². The summed E-state index contributed by atoms with van der Waals surface area (Å²) in [5, 5.41) is 23.9. The molecule has 0 bridgehead atoms. The fourth-order valence-corrected chi connectivity index (χ4v) is 4.06. The number of benzene rings is 1. The van der Waals surface area contributed by atoms with E-state index < -0.39 is 5.91 Å². The average molecular weight is 480 g/mol. The number of methoxy groups -OCH3 is 1. The Morgan fingerprint density at radius 1 is 1.11 bits per heavy atom. The molecule has 3 aromatic rings. The van der Waals surface area contributed by atoms with Gasteiger partial charge < -0.3 is 20.7 Å². The van der Waals surface area contributed by atoms with Crippen molar-refractivity contribution in [2.45, 2.75) is 38.1 Å². The fraction of sp³-hybridized carbons (Fsp3) is 0.391. The number of carbonyl (C=O) groups is 2. The molecule has 1 aliphatic rings. The van der Waals surface area contributed by atoms with Crippen LogP contribution in [-0.4, -0.2) is 57.1 Å². The predicted octanol–water partition coefficient (Wildman–Crippen LogP) is 2.84. The summed E-state index contributed by atoms with van der Waals surface area (Å²) in [5.41, 5.74) is 1.64. The zero-order chi connectivity index (χ0) is 24.8. The van der Waals surface area contributed by atoms with Gasteiger partial charge in [-0.1, -0.05) is 25.3 Å². The first-order valence-electron chi connectivity index (χ1n) is 11.5. The quantitative estimate of drug-likeness (QED) is 0.404. The molecule has 0 atom stereocenters. The SMILES string of the molecule is CNC(=O)c1nnc(NC(=O)NC2CCCCC2)cc1Nc1cccc(-c2ncn(C)n2)c1OC. The molecule has 1 aromatic carbocycles. The number of hydrogen-bond acceptors (Lipinski definition) is 8. The smallest absolute Gasteiger partial charge is 0.320 e. The van der Waals surface area contributed by atoms with Crippen molar-refractivity contribution in [2.75, 3.05) is 24.8 Å². The number of amides is 3. The number of para-hydroxylation sites is 1. The predicted molar refractivity (Wildman–Crippen MR) is 131 cm³/mol. The van der Waals surface area contributed by atoms with E-state index in [4.69, 9.17) is 4.74 Å². The third-order valence-electron chi connectivity index (χ3n) is 5.75. The lowest BCUT2D eigenvalue weighted by Gasteiger charge is -2.22. The molecule has 1 aliphatic carbocycles. The van der Waals surface area contributed by atoms with E-state index in [1.54, 1.807) is 37.3 Å². The molecule has 12 nitrogen and oxygen atoms in total. The topological polar surface area (TPSA) is 148 Å². The maximum atomic E-state index is 12.5. The molecule has 0 radical (unpaired) electrons. The molecule has 1 fully saturated rings. The summed E-state index contributed by atoms with van der Waals surface area (Å²) in [4.78, 5) is 29.3. The lowest BCUT2D eigenvalue weighted by atomic mass is 9.96. The minimum Gasteiger partial charge on any atom is -0.494 e. The van der Waals surface area contributed by atoms with Crippen LogP contribution in [-0.2, 0) is 7.05 Å². The first kappa shape index (κ1) is 23.9. The summed E-state index contributed by atoms with van der Waals surface area (Å²) in [7, 11) is 4.83. The number of hydrogen-bond donors (Lipinski definition) is 4. The van der Waals surface area contributed by atoms with E-state index in [2.05, 4.69) is 41.5 Å². The molecule has 0 aliphatic heterocycles. The standard InChI is InChI=1S/C23H29N9O3/c1-24-22(33)19-17(12-18(29-30-19)28-23(34)26-14-8-5-4-6-9-14)27-16-11-7-10-15(20(16)35-3)21-25-13-32(2)31-21/h7,10-14H,4-6,8-9H2,1-3H3,(H,24,33)(H3,26,27,28,29,34). The van der Waals surface area contributed by atoms with Gasteiger partial charge in [0.2, 0.25) is 0 Å². The fourth-order valence-electron chi connectivity index (χ4n) is 4.06. The first-order chi connectivity index (χ1) is 17.0. The highest BCUT2D eigenvalue weighted by atomic mass is 16.5. The number of aromatic nitrogens is 5. The van der Waals surface area contributed by atoms with Gasteiger partial charge in [-0.25, -0.2) is 9.78 Å². The van der Waals surface area contributed by atoms with E-state index >= 15 is 0 Å². The lowest BCUT2D eigenvalue weighted by molar-refractivity contribution is 0.0958. The summed E-state index contributed by atoms with van der Waals surface area (Å²) in [6.45, 7) is 0. The maximum Gasteiger partial charge on any atom is 0.320 e. The number of ether oxygens (including phenoxy) is 1.